The molecular formula is C60H36N2. The molecular weight excluding hydrogens is 749 g/mol. The first-order valence-electron chi connectivity index (χ1n) is 21.3. The quantitative estimate of drug-likeness (QED) is 0.157. The van der Waals surface area contributed by atoms with E-state index in [0.29, 0.717) is 0 Å². The minimum absolute atomic E-state index is 0.836. The minimum Gasteiger partial charge on any atom is -0.254 e. The summed E-state index contributed by atoms with van der Waals surface area (Å²) in [6, 6.07) is 77.3. The molecule has 0 fully saturated rings. The number of hydrogen-bond acceptors (Lipinski definition) is 2. The lowest BCUT2D eigenvalue weighted by molar-refractivity contribution is 1.25. The van der Waals surface area contributed by atoms with Crippen molar-refractivity contribution in [1.29, 1.82) is 0 Å². The third-order valence-corrected chi connectivity index (χ3v) is 13.0. The van der Waals surface area contributed by atoms with Gasteiger partial charge < -0.3 is 0 Å². The van der Waals surface area contributed by atoms with Gasteiger partial charge in [0.2, 0.25) is 0 Å². The van der Waals surface area contributed by atoms with Gasteiger partial charge in [-0.15, -0.1) is 0 Å². The van der Waals surface area contributed by atoms with Crippen molar-refractivity contribution in [3.8, 4) is 67.2 Å². The van der Waals surface area contributed by atoms with Gasteiger partial charge in [0, 0.05) is 17.3 Å². The Labute approximate surface area is 358 Å². The molecule has 0 radical (unpaired) electrons. The summed E-state index contributed by atoms with van der Waals surface area (Å²) >= 11 is 0. The molecule has 0 saturated carbocycles. The van der Waals surface area contributed by atoms with Crippen LogP contribution in [-0.2, 0) is 0 Å². The summed E-state index contributed by atoms with van der Waals surface area (Å²) in [5.41, 5.74) is 12.9. The topological polar surface area (TPSA) is 25.8 Å². The zero-order valence-corrected chi connectivity index (χ0v) is 33.7. The molecule has 62 heavy (non-hydrogen) atoms. The SMILES string of the molecule is c1ccc(-c2ccc(-c3cc(-c4ccc(-c5ccc6ccc7cccc8ccc5c6c78)cc4)cc(-c4ccc(-c5ccc6ccc7cccc8ccc5c6c78)cc4)n3)nc2)cc1. The van der Waals surface area contributed by atoms with Crippen LogP contribution in [0.4, 0.5) is 0 Å². The van der Waals surface area contributed by atoms with E-state index in [2.05, 4.69) is 206 Å². The highest BCUT2D eigenvalue weighted by molar-refractivity contribution is 6.26. The molecule has 0 aliphatic rings. The Morgan fingerprint density at radius 3 is 1.21 bits per heavy atom. The molecule has 0 unspecified atom stereocenters. The van der Waals surface area contributed by atoms with Gasteiger partial charge in [-0.2, -0.15) is 0 Å². The standard InChI is InChI=1S/C60H36N2/c1-2-6-37(7-3-1)48-28-33-54(61-36-48)56-35-49(38-12-14-39(15-13-38)50-29-24-46-22-20-42-8-4-10-44-26-31-52(50)59(46)57(42)44)34-55(62-56)41-18-16-40(17-19-41)51-30-25-47-23-21-43-9-5-11-45-27-32-53(51)60(47)58(43)45/h1-36H. The van der Waals surface area contributed by atoms with Crippen molar-refractivity contribution in [2.45, 2.75) is 0 Å². The van der Waals surface area contributed by atoms with Gasteiger partial charge >= 0.3 is 0 Å². The number of aromatic nitrogens is 2. The van der Waals surface area contributed by atoms with E-state index in [9.17, 15) is 0 Å². The Bertz CT molecular complexity index is 3570. The van der Waals surface area contributed by atoms with Gasteiger partial charge in [-0.3, -0.25) is 4.98 Å². The first kappa shape index (κ1) is 34.6. The molecule has 286 valence electrons. The normalized spacial score (nSPS) is 11.9. The van der Waals surface area contributed by atoms with Crippen LogP contribution in [0, 0.1) is 0 Å². The summed E-state index contributed by atoms with van der Waals surface area (Å²) < 4.78 is 0. The van der Waals surface area contributed by atoms with Crippen molar-refractivity contribution in [3.63, 3.8) is 0 Å². The largest absolute Gasteiger partial charge is 0.254 e. The van der Waals surface area contributed by atoms with Crippen LogP contribution in [0.2, 0.25) is 0 Å². The molecule has 11 aromatic carbocycles. The van der Waals surface area contributed by atoms with Crippen LogP contribution in [0.5, 0.6) is 0 Å². The summed E-state index contributed by atoms with van der Waals surface area (Å²) in [4.78, 5) is 10.3. The zero-order chi connectivity index (χ0) is 40.7. The van der Waals surface area contributed by atoms with E-state index in [1.54, 1.807) is 0 Å². The third kappa shape index (κ3) is 5.51. The van der Waals surface area contributed by atoms with Gasteiger partial charge in [-0.1, -0.05) is 194 Å². The van der Waals surface area contributed by atoms with Crippen molar-refractivity contribution >= 4 is 64.6 Å². The van der Waals surface area contributed by atoms with Gasteiger partial charge in [0.25, 0.3) is 0 Å². The molecule has 0 N–H and O–H groups in total. The van der Waals surface area contributed by atoms with Gasteiger partial charge in [0.05, 0.1) is 17.1 Å². The van der Waals surface area contributed by atoms with Crippen LogP contribution in [0.1, 0.15) is 0 Å². The maximum Gasteiger partial charge on any atom is 0.0899 e. The van der Waals surface area contributed by atoms with Crippen LogP contribution in [0.15, 0.2) is 219 Å². The second-order valence-electron chi connectivity index (χ2n) is 16.5. The lowest BCUT2D eigenvalue weighted by Gasteiger charge is -2.15. The second kappa shape index (κ2) is 13.7. The van der Waals surface area contributed by atoms with E-state index < -0.39 is 0 Å². The molecule has 0 amide bonds. The van der Waals surface area contributed by atoms with Crippen molar-refractivity contribution in [2.24, 2.45) is 0 Å². The predicted octanol–water partition coefficient (Wildman–Crippen LogP) is 16.3. The Kier molecular flexibility index (Phi) is 7.64. The van der Waals surface area contributed by atoms with Crippen LogP contribution in [0.25, 0.3) is 132 Å². The average molecular weight is 785 g/mol. The number of hydrogen-bond donors (Lipinski definition) is 0. The van der Waals surface area contributed by atoms with E-state index in [4.69, 9.17) is 9.97 Å². The molecule has 0 saturated heterocycles. The van der Waals surface area contributed by atoms with Gasteiger partial charge in [0.15, 0.2) is 0 Å². The highest BCUT2D eigenvalue weighted by Gasteiger charge is 2.16. The lowest BCUT2D eigenvalue weighted by atomic mass is 9.89. The number of nitrogens with zero attached hydrogens (tertiary/aromatic N) is 2. The lowest BCUT2D eigenvalue weighted by Crippen LogP contribution is -1.94. The summed E-state index contributed by atoms with van der Waals surface area (Å²) in [6.07, 6.45) is 1.95. The average Bonchev–Trinajstić information content (AvgIpc) is 3.35. The maximum absolute atomic E-state index is 5.29. The van der Waals surface area contributed by atoms with Gasteiger partial charge in [-0.25, -0.2) is 4.98 Å². The molecule has 0 spiro atoms. The predicted molar refractivity (Wildman–Crippen MR) is 262 cm³/mol. The summed E-state index contributed by atoms with van der Waals surface area (Å²) in [5, 5.41) is 15.6. The third-order valence-electron chi connectivity index (χ3n) is 13.0. The van der Waals surface area contributed by atoms with E-state index >= 15 is 0 Å². The molecule has 0 aliphatic carbocycles. The zero-order valence-electron chi connectivity index (χ0n) is 33.7. The fourth-order valence-corrected chi connectivity index (χ4v) is 9.96. The second-order valence-corrected chi connectivity index (χ2v) is 16.5. The van der Waals surface area contributed by atoms with Crippen molar-refractivity contribution < 1.29 is 0 Å². The highest BCUT2D eigenvalue weighted by Crippen LogP contribution is 2.42. The fourth-order valence-electron chi connectivity index (χ4n) is 9.96. The molecule has 13 aromatic rings. The van der Waals surface area contributed by atoms with Crippen LogP contribution < -0.4 is 0 Å². The molecule has 2 heteroatoms. The maximum atomic E-state index is 5.29. The summed E-state index contributed by atoms with van der Waals surface area (Å²) in [5.74, 6) is 0. The van der Waals surface area contributed by atoms with Crippen molar-refractivity contribution in [2.75, 3.05) is 0 Å². The van der Waals surface area contributed by atoms with Crippen molar-refractivity contribution in [3.05, 3.63) is 219 Å². The summed E-state index contributed by atoms with van der Waals surface area (Å²) in [6.45, 7) is 0. The molecule has 13 rings (SSSR count). The van der Waals surface area contributed by atoms with Crippen LogP contribution in [0.3, 0.4) is 0 Å². The Hall–Kier alpha value is -8.20. The molecule has 0 aliphatic heterocycles. The fraction of sp³-hybridized carbons (Fsp3) is 0. The first-order valence-corrected chi connectivity index (χ1v) is 21.3. The Morgan fingerprint density at radius 2 is 0.677 bits per heavy atom. The molecule has 2 nitrogen and oxygen atoms in total. The molecule has 2 aromatic heterocycles. The monoisotopic (exact) mass is 784 g/mol. The number of rotatable bonds is 6. The van der Waals surface area contributed by atoms with Crippen LogP contribution in [-0.4, -0.2) is 9.97 Å². The Morgan fingerprint density at radius 1 is 0.242 bits per heavy atom. The molecule has 2 heterocycles. The molecule has 0 atom stereocenters. The number of pyridine rings is 2. The van der Waals surface area contributed by atoms with Crippen LogP contribution >= 0.6 is 0 Å². The first-order chi connectivity index (χ1) is 30.7. The van der Waals surface area contributed by atoms with E-state index in [-0.39, 0.29) is 0 Å². The van der Waals surface area contributed by atoms with E-state index in [0.717, 1.165) is 44.9 Å². The van der Waals surface area contributed by atoms with E-state index in [1.165, 1.54) is 86.9 Å². The van der Waals surface area contributed by atoms with E-state index in [1.807, 2.05) is 12.3 Å². The van der Waals surface area contributed by atoms with Crippen molar-refractivity contribution in [1.82, 2.24) is 9.97 Å². The Balaban J connectivity index is 0.906. The number of benzene rings is 11. The molecule has 0 bridgehead atoms. The smallest absolute Gasteiger partial charge is 0.0899 e. The van der Waals surface area contributed by atoms with Gasteiger partial charge in [-0.05, 0) is 122 Å². The highest BCUT2D eigenvalue weighted by atomic mass is 14.8. The summed E-state index contributed by atoms with van der Waals surface area (Å²) in [7, 11) is 0. The van der Waals surface area contributed by atoms with Gasteiger partial charge in [0.1, 0.15) is 0 Å². The minimum atomic E-state index is 0.836.